The van der Waals surface area contributed by atoms with Crippen molar-refractivity contribution in [3.8, 4) is 0 Å². The van der Waals surface area contributed by atoms with Crippen molar-refractivity contribution in [2.75, 3.05) is 13.1 Å². The molecule has 1 fully saturated rings. The van der Waals surface area contributed by atoms with Crippen molar-refractivity contribution in [1.82, 2.24) is 15.5 Å². The Morgan fingerprint density at radius 3 is 2.80 bits per heavy atom. The normalized spacial score (nSPS) is 21.5. The molecule has 1 atom stereocenters. The lowest BCUT2D eigenvalue weighted by molar-refractivity contribution is 0.0693. The average Bonchev–Trinajstić information content (AvgIpc) is 2.61. The van der Waals surface area contributed by atoms with E-state index < -0.39 is 11.5 Å². The number of H-pyrrole nitrogens is 2. The van der Waals surface area contributed by atoms with E-state index in [1.54, 1.807) is 0 Å². The Labute approximate surface area is 85.7 Å². The van der Waals surface area contributed by atoms with Gasteiger partial charge in [0.1, 0.15) is 5.56 Å². The zero-order valence-corrected chi connectivity index (χ0v) is 8.17. The second kappa shape index (κ2) is 3.90. The van der Waals surface area contributed by atoms with Crippen molar-refractivity contribution in [2.45, 2.75) is 18.8 Å². The summed E-state index contributed by atoms with van der Waals surface area (Å²) in [6.45, 7) is 1.67. The van der Waals surface area contributed by atoms with Crippen LogP contribution in [0.15, 0.2) is 4.79 Å². The van der Waals surface area contributed by atoms with E-state index >= 15 is 0 Å². The molecule has 6 nitrogen and oxygen atoms in total. The third-order valence-corrected chi connectivity index (χ3v) is 2.73. The fraction of sp³-hybridized carbons (Fsp3) is 0.556. The number of carbonyl (C=O) groups is 1. The molecular formula is C9H13N3O3. The summed E-state index contributed by atoms with van der Waals surface area (Å²) in [5, 5.41) is 17.1. The molecule has 82 valence electrons. The summed E-state index contributed by atoms with van der Waals surface area (Å²) in [5.41, 5.74) is -0.188. The predicted octanol–water partition coefficient (Wildman–Crippen LogP) is -0.132. The molecule has 0 bridgehead atoms. The van der Waals surface area contributed by atoms with Gasteiger partial charge in [-0.3, -0.25) is 9.89 Å². The monoisotopic (exact) mass is 211 g/mol. The highest BCUT2D eigenvalue weighted by molar-refractivity contribution is 5.88. The molecule has 0 spiro atoms. The Bertz CT molecular complexity index is 414. The molecule has 4 N–H and O–H groups in total. The van der Waals surface area contributed by atoms with Crippen LogP contribution in [0.4, 0.5) is 0 Å². The molecular weight excluding hydrogens is 198 g/mol. The number of piperidine rings is 1. The number of nitrogens with one attached hydrogen (secondary N) is 3. The summed E-state index contributed by atoms with van der Waals surface area (Å²) in [4.78, 5) is 22.1. The lowest BCUT2D eigenvalue weighted by atomic mass is 9.94. The zero-order chi connectivity index (χ0) is 10.8. The fourth-order valence-electron chi connectivity index (χ4n) is 1.99. The van der Waals surface area contributed by atoms with E-state index in [4.69, 9.17) is 5.11 Å². The maximum atomic E-state index is 11.2. The van der Waals surface area contributed by atoms with Crippen LogP contribution in [0.2, 0.25) is 0 Å². The molecule has 2 heterocycles. The van der Waals surface area contributed by atoms with Crippen LogP contribution in [0.3, 0.4) is 0 Å². The van der Waals surface area contributed by atoms with E-state index in [9.17, 15) is 9.59 Å². The van der Waals surface area contributed by atoms with E-state index in [0.29, 0.717) is 12.2 Å². The molecule has 0 saturated carbocycles. The second-order valence-electron chi connectivity index (χ2n) is 3.72. The Kier molecular flexibility index (Phi) is 2.59. The molecule has 15 heavy (non-hydrogen) atoms. The van der Waals surface area contributed by atoms with Gasteiger partial charge in [-0.15, -0.1) is 0 Å². The lowest BCUT2D eigenvalue weighted by Crippen LogP contribution is -2.29. The first-order valence-electron chi connectivity index (χ1n) is 4.94. The maximum absolute atomic E-state index is 11.2. The molecule has 6 heteroatoms. The van der Waals surface area contributed by atoms with E-state index in [1.165, 1.54) is 0 Å². The number of carboxylic acid groups (broad SMARTS) is 1. The quantitative estimate of drug-likeness (QED) is 0.547. The van der Waals surface area contributed by atoms with Crippen LogP contribution in [0.5, 0.6) is 0 Å². The number of carboxylic acids is 1. The standard InChI is InChI=1S/C9H13N3O3/c13-8-6(9(14)15)7(11-12-8)5-2-1-3-10-4-5/h5,10H,1-4H2,(H,14,15)(H2,11,12,13). The van der Waals surface area contributed by atoms with Gasteiger partial charge >= 0.3 is 5.97 Å². The van der Waals surface area contributed by atoms with Gasteiger partial charge < -0.3 is 15.5 Å². The SMILES string of the molecule is O=C(O)c1c(C2CCCNC2)[nH][nH]c1=O. The molecule has 2 rings (SSSR count). The fourth-order valence-corrected chi connectivity index (χ4v) is 1.99. The summed E-state index contributed by atoms with van der Waals surface area (Å²) in [6, 6.07) is 0. The van der Waals surface area contributed by atoms with Gasteiger partial charge in [-0.2, -0.15) is 0 Å². The van der Waals surface area contributed by atoms with E-state index in [0.717, 1.165) is 19.4 Å². The molecule has 1 saturated heterocycles. The van der Waals surface area contributed by atoms with Crippen LogP contribution in [0.25, 0.3) is 0 Å². The van der Waals surface area contributed by atoms with Crippen molar-refractivity contribution in [2.24, 2.45) is 0 Å². The van der Waals surface area contributed by atoms with Crippen molar-refractivity contribution in [3.05, 3.63) is 21.6 Å². The zero-order valence-electron chi connectivity index (χ0n) is 8.17. The first kappa shape index (κ1) is 9.97. The number of aromatic nitrogens is 2. The minimum absolute atomic E-state index is 0.0869. The van der Waals surface area contributed by atoms with Crippen molar-refractivity contribution >= 4 is 5.97 Å². The van der Waals surface area contributed by atoms with E-state index in [2.05, 4.69) is 15.5 Å². The van der Waals surface area contributed by atoms with Crippen LogP contribution in [-0.2, 0) is 0 Å². The maximum Gasteiger partial charge on any atom is 0.343 e. The molecule has 1 aromatic rings. The third-order valence-electron chi connectivity index (χ3n) is 2.73. The minimum Gasteiger partial charge on any atom is -0.477 e. The minimum atomic E-state index is -1.17. The number of hydrogen-bond acceptors (Lipinski definition) is 3. The number of aromatic carboxylic acids is 1. The Morgan fingerprint density at radius 1 is 1.40 bits per heavy atom. The smallest absolute Gasteiger partial charge is 0.343 e. The van der Waals surface area contributed by atoms with E-state index in [1.807, 2.05) is 0 Å². The van der Waals surface area contributed by atoms with Gasteiger partial charge in [0.25, 0.3) is 5.56 Å². The summed E-state index contributed by atoms with van der Waals surface area (Å²) in [5.74, 6) is -1.08. The van der Waals surface area contributed by atoms with Crippen LogP contribution in [-0.4, -0.2) is 34.4 Å². The summed E-state index contributed by atoms with van der Waals surface area (Å²) >= 11 is 0. The highest BCUT2D eigenvalue weighted by Crippen LogP contribution is 2.22. The molecule has 1 aromatic heterocycles. The summed E-state index contributed by atoms with van der Waals surface area (Å²) < 4.78 is 0. The molecule has 1 aliphatic rings. The van der Waals surface area contributed by atoms with Gasteiger partial charge in [-0.05, 0) is 19.4 Å². The number of aromatic amines is 2. The Morgan fingerprint density at radius 2 is 2.20 bits per heavy atom. The van der Waals surface area contributed by atoms with Crippen LogP contribution < -0.4 is 10.9 Å². The van der Waals surface area contributed by atoms with Crippen molar-refractivity contribution in [3.63, 3.8) is 0 Å². The summed E-state index contributed by atoms with van der Waals surface area (Å²) in [6.07, 6.45) is 1.90. The molecule has 0 aromatic carbocycles. The number of rotatable bonds is 2. The largest absolute Gasteiger partial charge is 0.477 e. The number of hydrogen-bond donors (Lipinski definition) is 4. The Hall–Kier alpha value is -1.56. The third kappa shape index (κ3) is 1.80. The highest BCUT2D eigenvalue weighted by Gasteiger charge is 2.25. The Balaban J connectivity index is 2.34. The lowest BCUT2D eigenvalue weighted by Gasteiger charge is -2.21. The molecule has 0 radical (unpaired) electrons. The second-order valence-corrected chi connectivity index (χ2v) is 3.72. The van der Waals surface area contributed by atoms with Crippen molar-refractivity contribution < 1.29 is 9.90 Å². The van der Waals surface area contributed by atoms with Crippen molar-refractivity contribution in [1.29, 1.82) is 0 Å². The molecule has 1 aliphatic heterocycles. The van der Waals surface area contributed by atoms with Gasteiger partial charge in [-0.1, -0.05) is 0 Å². The first-order valence-corrected chi connectivity index (χ1v) is 4.94. The molecule has 0 amide bonds. The summed E-state index contributed by atoms with van der Waals surface area (Å²) in [7, 11) is 0. The van der Waals surface area contributed by atoms with Gasteiger partial charge in [0.2, 0.25) is 0 Å². The van der Waals surface area contributed by atoms with Crippen LogP contribution in [0.1, 0.15) is 34.8 Å². The van der Waals surface area contributed by atoms with E-state index in [-0.39, 0.29) is 11.5 Å². The van der Waals surface area contributed by atoms with Crippen LogP contribution in [0, 0.1) is 0 Å². The first-order chi connectivity index (χ1) is 7.20. The van der Waals surface area contributed by atoms with Gasteiger partial charge in [0.15, 0.2) is 0 Å². The molecule has 0 aliphatic carbocycles. The topological polar surface area (TPSA) is 98.0 Å². The molecule has 1 unspecified atom stereocenters. The predicted molar refractivity (Wildman–Crippen MR) is 53.2 cm³/mol. The van der Waals surface area contributed by atoms with Gasteiger partial charge in [0.05, 0.1) is 5.69 Å². The average molecular weight is 211 g/mol. The van der Waals surface area contributed by atoms with Gasteiger partial charge in [-0.25, -0.2) is 4.79 Å². The van der Waals surface area contributed by atoms with Gasteiger partial charge in [0, 0.05) is 12.5 Å². The van der Waals surface area contributed by atoms with Crippen LogP contribution >= 0.6 is 0 Å². The highest BCUT2D eigenvalue weighted by atomic mass is 16.4.